The molecule has 1 unspecified atom stereocenters. The average Bonchev–Trinajstić information content (AvgIpc) is 2.73. The van der Waals surface area contributed by atoms with Gasteiger partial charge in [0.25, 0.3) is 0 Å². The Bertz CT molecular complexity index is 851. The van der Waals surface area contributed by atoms with Crippen LogP contribution in [0.15, 0.2) is 41.5 Å². The number of halogens is 2. The van der Waals surface area contributed by atoms with Gasteiger partial charge in [0.05, 0.1) is 6.04 Å². The zero-order valence-corrected chi connectivity index (χ0v) is 20.5. The Morgan fingerprint density at radius 2 is 1.93 bits per heavy atom. The second-order valence-electron chi connectivity index (χ2n) is 7.61. The molecule has 0 aliphatic carbocycles. The van der Waals surface area contributed by atoms with Gasteiger partial charge in [0.2, 0.25) is 0 Å². The number of nitrogens with one attached hydrogen (secondary N) is 2. The van der Waals surface area contributed by atoms with Crippen LogP contribution >= 0.6 is 24.0 Å². The van der Waals surface area contributed by atoms with Gasteiger partial charge in [0, 0.05) is 46.0 Å². The minimum absolute atomic E-state index is 0. The fourth-order valence-electron chi connectivity index (χ4n) is 3.33. The number of hydrogen-bond acceptors (Lipinski definition) is 4. The maximum atomic E-state index is 13.9. The van der Waals surface area contributed by atoms with Crippen molar-refractivity contribution in [3.63, 3.8) is 0 Å². The first kappa shape index (κ1) is 24.3. The van der Waals surface area contributed by atoms with Crippen molar-refractivity contribution < 1.29 is 4.39 Å². The van der Waals surface area contributed by atoms with Crippen LogP contribution < -0.4 is 15.5 Å². The Labute approximate surface area is 196 Å². The van der Waals surface area contributed by atoms with Crippen molar-refractivity contribution in [2.45, 2.75) is 26.4 Å². The number of nitrogens with zero attached hydrogens (tertiary/aromatic N) is 4. The van der Waals surface area contributed by atoms with Gasteiger partial charge in [-0.15, -0.1) is 24.0 Å². The molecule has 2 N–H and O–H groups in total. The van der Waals surface area contributed by atoms with Crippen LogP contribution in [0.3, 0.4) is 0 Å². The zero-order valence-electron chi connectivity index (χ0n) is 18.2. The molecule has 0 spiro atoms. The van der Waals surface area contributed by atoms with Gasteiger partial charge in [-0.1, -0.05) is 12.1 Å². The maximum absolute atomic E-state index is 13.9. The van der Waals surface area contributed by atoms with Gasteiger partial charge in [0.15, 0.2) is 5.96 Å². The molecule has 1 saturated heterocycles. The first-order chi connectivity index (χ1) is 14.0. The standard InChI is InChI=1S/C22H31FN6.HI/c1-16-5-6-19(14-20(16)23)17(2)27-22(24-3)26-15-18-7-8-25-21(13-18)29-11-9-28(4)10-12-29;/h5-8,13-14,17H,9-12,15H2,1-4H3,(H2,24,26,27);1H. The highest BCUT2D eigenvalue weighted by molar-refractivity contribution is 14.0. The summed E-state index contributed by atoms with van der Waals surface area (Å²) in [4.78, 5) is 13.5. The fraction of sp³-hybridized carbons (Fsp3) is 0.455. The molecular weight excluding hydrogens is 494 g/mol. The van der Waals surface area contributed by atoms with E-state index in [9.17, 15) is 4.39 Å². The summed E-state index contributed by atoms with van der Waals surface area (Å²) in [7, 11) is 3.88. The second kappa shape index (κ2) is 11.5. The predicted octanol–water partition coefficient (Wildman–Crippen LogP) is 3.33. The number of aryl methyl sites for hydroxylation is 1. The van der Waals surface area contributed by atoms with Gasteiger partial charge in [-0.2, -0.15) is 0 Å². The highest BCUT2D eigenvalue weighted by atomic mass is 127. The van der Waals surface area contributed by atoms with Gasteiger partial charge in [-0.25, -0.2) is 9.37 Å². The summed E-state index contributed by atoms with van der Waals surface area (Å²) >= 11 is 0. The highest BCUT2D eigenvalue weighted by Crippen LogP contribution is 2.17. The lowest BCUT2D eigenvalue weighted by atomic mass is 10.1. The number of likely N-dealkylation sites (N-methyl/N-ethyl adjacent to an activating group) is 1. The lowest BCUT2D eigenvalue weighted by molar-refractivity contribution is 0.312. The molecule has 0 saturated carbocycles. The third-order valence-corrected chi connectivity index (χ3v) is 5.37. The Hall–Kier alpha value is -1.94. The normalized spacial score (nSPS) is 16.0. The summed E-state index contributed by atoms with van der Waals surface area (Å²) < 4.78 is 13.9. The molecule has 0 radical (unpaired) electrons. The van der Waals surface area contributed by atoms with Gasteiger partial charge in [-0.05, 0) is 55.8 Å². The van der Waals surface area contributed by atoms with Crippen LogP contribution in [0.5, 0.6) is 0 Å². The molecule has 1 aliphatic rings. The maximum Gasteiger partial charge on any atom is 0.191 e. The van der Waals surface area contributed by atoms with E-state index in [-0.39, 0.29) is 35.8 Å². The van der Waals surface area contributed by atoms with Crippen LogP contribution in [-0.2, 0) is 6.54 Å². The number of hydrogen-bond donors (Lipinski definition) is 2. The van der Waals surface area contributed by atoms with E-state index in [0.717, 1.165) is 43.1 Å². The topological polar surface area (TPSA) is 55.8 Å². The number of aromatic nitrogens is 1. The van der Waals surface area contributed by atoms with Crippen molar-refractivity contribution in [3.8, 4) is 0 Å². The van der Waals surface area contributed by atoms with Crippen LogP contribution in [-0.4, -0.2) is 56.1 Å². The van der Waals surface area contributed by atoms with Gasteiger partial charge in [0.1, 0.15) is 11.6 Å². The summed E-state index contributed by atoms with van der Waals surface area (Å²) in [5, 5.41) is 6.66. The van der Waals surface area contributed by atoms with Crippen LogP contribution in [0.1, 0.15) is 29.7 Å². The molecule has 2 heterocycles. The minimum atomic E-state index is -0.188. The number of benzene rings is 1. The SMILES string of the molecule is CN=C(NCc1ccnc(N2CCN(C)CC2)c1)NC(C)c1ccc(C)c(F)c1.I. The van der Waals surface area contributed by atoms with Crippen molar-refractivity contribution >= 4 is 35.8 Å². The summed E-state index contributed by atoms with van der Waals surface area (Å²) in [6.07, 6.45) is 1.86. The van der Waals surface area contributed by atoms with Gasteiger partial charge < -0.3 is 20.4 Å². The molecular formula is C22H32FIN6. The van der Waals surface area contributed by atoms with Crippen LogP contribution in [0.2, 0.25) is 0 Å². The van der Waals surface area contributed by atoms with Crippen LogP contribution in [0, 0.1) is 12.7 Å². The van der Waals surface area contributed by atoms with Crippen LogP contribution in [0.25, 0.3) is 0 Å². The molecule has 8 heteroatoms. The molecule has 0 bridgehead atoms. The summed E-state index contributed by atoms with van der Waals surface area (Å²) in [5.41, 5.74) is 2.68. The van der Waals surface area contributed by atoms with E-state index in [1.165, 1.54) is 0 Å². The number of pyridine rings is 1. The van der Waals surface area contributed by atoms with Gasteiger partial charge in [-0.3, -0.25) is 4.99 Å². The van der Waals surface area contributed by atoms with E-state index in [2.05, 4.69) is 43.5 Å². The molecule has 6 nitrogen and oxygen atoms in total. The fourth-order valence-corrected chi connectivity index (χ4v) is 3.33. The number of aliphatic imine (C=N–C) groups is 1. The number of guanidine groups is 1. The second-order valence-corrected chi connectivity index (χ2v) is 7.61. The molecule has 1 aromatic heterocycles. The van der Waals surface area contributed by atoms with Crippen LogP contribution in [0.4, 0.5) is 10.2 Å². The molecule has 30 heavy (non-hydrogen) atoms. The quantitative estimate of drug-likeness (QED) is 0.356. The zero-order chi connectivity index (χ0) is 20.8. The van der Waals surface area contributed by atoms with E-state index < -0.39 is 0 Å². The summed E-state index contributed by atoms with van der Waals surface area (Å²) in [6, 6.07) is 9.40. The average molecular weight is 526 g/mol. The molecule has 1 fully saturated rings. The summed E-state index contributed by atoms with van der Waals surface area (Å²) in [5.74, 6) is 1.51. The van der Waals surface area contributed by atoms with E-state index in [4.69, 9.17) is 0 Å². The van der Waals surface area contributed by atoms with E-state index in [0.29, 0.717) is 18.1 Å². The van der Waals surface area contributed by atoms with Gasteiger partial charge >= 0.3 is 0 Å². The van der Waals surface area contributed by atoms with Crippen molar-refractivity contribution in [1.82, 2.24) is 20.5 Å². The highest BCUT2D eigenvalue weighted by Gasteiger charge is 2.15. The third-order valence-electron chi connectivity index (χ3n) is 5.37. The number of anilines is 1. The lowest BCUT2D eigenvalue weighted by Gasteiger charge is -2.33. The van der Waals surface area contributed by atoms with E-state index in [1.54, 1.807) is 26.1 Å². The first-order valence-corrected chi connectivity index (χ1v) is 10.1. The molecule has 1 aromatic carbocycles. The lowest BCUT2D eigenvalue weighted by Crippen LogP contribution is -2.44. The molecule has 2 aromatic rings. The van der Waals surface area contributed by atoms with Crippen molar-refractivity contribution in [2.75, 3.05) is 45.2 Å². The Balaban J connectivity index is 0.00000320. The van der Waals surface area contributed by atoms with Crippen molar-refractivity contribution in [2.24, 2.45) is 4.99 Å². The molecule has 3 rings (SSSR count). The third kappa shape index (κ3) is 6.53. The molecule has 1 aliphatic heterocycles. The molecule has 164 valence electrons. The molecule has 1 atom stereocenters. The predicted molar refractivity (Wildman–Crippen MR) is 132 cm³/mol. The first-order valence-electron chi connectivity index (χ1n) is 10.1. The monoisotopic (exact) mass is 526 g/mol. The Morgan fingerprint density at radius 3 is 2.60 bits per heavy atom. The molecule has 0 amide bonds. The van der Waals surface area contributed by atoms with E-state index in [1.807, 2.05) is 25.3 Å². The number of rotatable bonds is 5. The summed E-state index contributed by atoms with van der Waals surface area (Å²) in [6.45, 7) is 8.49. The largest absolute Gasteiger partial charge is 0.354 e. The van der Waals surface area contributed by atoms with Crippen molar-refractivity contribution in [1.29, 1.82) is 0 Å². The minimum Gasteiger partial charge on any atom is -0.354 e. The van der Waals surface area contributed by atoms with E-state index >= 15 is 0 Å². The number of piperazine rings is 1. The Morgan fingerprint density at radius 1 is 1.20 bits per heavy atom. The Kier molecular flexibility index (Phi) is 9.29. The van der Waals surface area contributed by atoms with Crippen molar-refractivity contribution in [3.05, 3.63) is 59.0 Å². The smallest absolute Gasteiger partial charge is 0.191 e.